The number of carbonyl (C=O) groups is 4. The van der Waals surface area contributed by atoms with Gasteiger partial charge in [-0.05, 0) is 37.0 Å². The average Bonchev–Trinajstić information content (AvgIpc) is 3.50. The van der Waals surface area contributed by atoms with E-state index in [1.807, 2.05) is 30.3 Å². The number of guanidine groups is 1. The highest BCUT2D eigenvalue weighted by atomic mass is 32.1. The van der Waals surface area contributed by atoms with Crippen molar-refractivity contribution in [1.82, 2.24) is 10.3 Å². The second-order valence-electron chi connectivity index (χ2n) is 9.20. The number of aromatic nitrogens is 1. The van der Waals surface area contributed by atoms with Gasteiger partial charge < -0.3 is 21.7 Å². The minimum atomic E-state index is -0.862. The van der Waals surface area contributed by atoms with Gasteiger partial charge in [-0.25, -0.2) is 4.98 Å². The van der Waals surface area contributed by atoms with Crippen molar-refractivity contribution in [3.63, 3.8) is 0 Å². The zero-order valence-electron chi connectivity index (χ0n) is 21.9. The molecule has 0 saturated carbocycles. The van der Waals surface area contributed by atoms with E-state index >= 15 is 0 Å². The van der Waals surface area contributed by atoms with Crippen LogP contribution in [-0.4, -0.2) is 60.1 Å². The predicted molar refractivity (Wildman–Crippen MR) is 154 cm³/mol. The number of nitrogens with one attached hydrogen (secondary N) is 1. The Hall–Kier alpha value is -4.58. The SMILES string of the molecule is NC(N)=NCCCC(NC(=O)CN1C(=O)CN(C(=O)CCc2ccccc2)c2ccccc21)C(=O)c1nccs1. The van der Waals surface area contributed by atoms with Crippen LogP contribution in [0.3, 0.4) is 0 Å². The van der Waals surface area contributed by atoms with Crippen molar-refractivity contribution < 1.29 is 19.2 Å². The van der Waals surface area contributed by atoms with Crippen molar-refractivity contribution in [3.8, 4) is 0 Å². The Bertz CT molecular complexity index is 1370. The molecule has 11 nitrogen and oxygen atoms in total. The number of hydrogen-bond acceptors (Lipinski definition) is 7. The summed E-state index contributed by atoms with van der Waals surface area (Å²) in [6, 6.07) is 15.8. The van der Waals surface area contributed by atoms with Crippen molar-refractivity contribution in [3.05, 3.63) is 76.7 Å². The first-order valence-corrected chi connectivity index (χ1v) is 13.7. The monoisotopic (exact) mass is 561 g/mol. The maximum atomic E-state index is 13.2. The minimum Gasteiger partial charge on any atom is -0.370 e. The van der Waals surface area contributed by atoms with Gasteiger partial charge in [0.25, 0.3) is 0 Å². The van der Waals surface area contributed by atoms with Gasteiger partial charge in [0.05, 0.1) is 17.4 Å². The van der Waals surface area contributed by atoms with Gasteiger partial charge in [-0.15, -0.1) is 11.3 Å². The first kappa shape index (κ1) is 28.4. The number of nitrogens with two attached hydrogens (primary N) is 2. The van der Waals surface area contributed by atoms with Crippen molar-refractivity contribution in [1.29, 1.82) is 0 Å². The van der Waals surface area contributed by atoms with E-state index in [9.17, 15) is 19.2 Å². The van der Waals surface area contributed by atoms with E-state index in [-0.39, 0.29) is 48.6 Å². The standard InChI is InChI=1S/C28H31N7O4S/c29-28(30)32-14-6-9-20(26(39)27-31-15-16-40-27)33-23(36)17-34-21-10-4-5-11-22(21)35(18-25(34)38)24(37)13-12-19-7-2-1-3-8-19/h1-5,7-8,10-11,15-16,20H,6,9,12-14,17-18H2,(H,33,36)(H4,29,30,32). The fraction of sp³-hybridized carbons (Fsp3) is 0.286. The van der Waals surface area contributed by atoms with Crippen LogP contribution in [0, 0.1) is 0 Å². The number of thiazole rings is 1. The van der Waals surface area contributed by atoms with E-state index in [2.05, 4.69) is 15.3 Å². The Balaban J connectivity index is 1.45. The second-order valence-corrected chi connectivity index (χ2v) is 10.1. The lowest BCUT2D eigenvalue weighted by atomic mass is 10.1. The summed E-state index contributed by atoms with van der Waals surface area (Å²) >= 11 is 1.18. The molecule has 3 aromatic rings. The van der Waals surface area contributed by atoms with E-state index in [1.54, 1.807) is 29.6 Å². The van der Waals surface area contributed by atoms with Gasteiger partial charge in [-0.3, -0.25) is 29.1 Å². The number of Topliss-reactive ketones (excluding diaryl/α,β-unsaturated/α-hetero) is 1. The number of para-hydroxylation sites is 2. The molecule has 1 unspecified atom stereocenters. The zero-order chi connectivity index (χ0) is 28.5. The summed E-state index contributed by atoms with van der Waals surface area (Å²) < 4.78 is 0. The molecular weight excluding hydrogens is 530 g/mol. The van der Waals surface area contributed by atoms with Crippen LogP contribution in [0.4, 0.5) is 11.4 Å². The number of carbonyl (C=O) groups excluding carboxylic acids is 4. The number of aliphatic imine (C=N–C) groups is 1. The molecular formula is C28H31N7O4S. The molecule has 12 heteroatoms. The number of anilines is 2. The van der Waals surface area contributed by atoms with Gasteiger partial charge >= 0.3 is 0 Å². The summed E-state index contributed by atoms with van der Waals surface area (Å²) in [4.78, 5) is 63.3. The minimum absolute atomic E-state index is 0.0540. The van der Waals surface area contributed by atoms with E-state index in [0.29, 0.717) is 30.8 Å². The summed E-state index contributed by atoms with van der Waals surface area (Å²) in [7, 11) is 0. The molecule has 0 saturated heterocycles. The number of benzene rings is 2. The lowest BCUT2D eigenvalue weighted by Gasteiger charge is -2.36. The summed E-state index contributed by atoms with van der Waals surface area (Å²) in [5.41, 5.74) is 12.8. The fourth-order valence-corrected chi connectivity index (χ4v) is 5.07. The molecule has 208 valence electrons. The molecule has 0 radical (unpaired) electrons. The molecule has 2 heterocycles. The third kappa shape index (κ3) is 7.29. The third-order valence-electron chi connectivity index (χ3n) is 6.37. The van der Waals surface area contributed by atoms with Crippen LogP contribution >= 0.6 is 11.3 Å². The smallest absolute Gasteiger partial charge is 0.247 e. The number of amides is 3. The summed E-state index contributed by atoms with van der Waals surface area (Å²) in [6.45, 7) is -0.193. The lowest BCUT2D eigenvalue weighted by Crippen LogP contribution is -2.52. The van der Waals surface area contributed by atoms with Gasteiger partial charge in [0.1, 0.15) is 13.1 Å². The average molecular weight is 562 g/mol. The topological polar surface area (TPSA) is 164 Å². The fourth-order valence-electron chi connectivity index (χ4n) is 4.44. The molecule has 0 spiro atoms. The van der Waals surface area contributed by atoms with Crippen LogP contribution in [0.5, 0.6) is 0 Å². The Morgan fingerprint density at radius 3 is 2.48 bits per heavy atom. The van der Waals surface area contributed by atoms with Crippen LogP contribution in [0.1, 0.15) is 34.6 Å². The van der Waals surface area contributed by atoms with E-state index < -0.39 is 17.9 Å². The van der Waals surface area contributed by atoms with E-state index in [1.165, 1.54) is 27.3 Å². The summed E-state index contributed by atoms with van der Waals surface area (Å²) in [6.07, 6.45) is 3.05. The van der Waals surface area contributed by atoms with Crippen molar-refractivity contribution in [2.75, 3.05) is 29.4 Å². The van der Waals surface area contributed by atoms with Crippen molar-refractivity contribution >= 4 is 52.2 Å². The lowest BCUT2D eigenvalue weighted by molar-refractivity contribution is -0.125. The van der Waals surface area contributed by atoms with Gasteiger partial charge in [-0.2, -0.15) is 0 Å². The summed E-state index contributed by atoms with van der Waals surface area (Å²) in [5, 5.41) is 4.71. The number of ketones is 1. The molecule has 0 fully saturated rings. The highest BCUT2D eigenvalue weighted by Gasteiger charge is 2.34. The molecule has 3 amide bonds. The molecule has 1 aromatic heterocycles. The van der Waals surface area contributed by atoms with Crippen molar-refractivity contribution in [2.45, 2.75) is 31.7 Å². The molecule has 2 aromatic carbocycles. The molecule has 1 atom stereocenters. The number of aryl methyl sites for hydroxylation is 1. The molecule has 0 aliphatic carbocycles. The van der Waals surface area contributed by atoms with Crippen LogP contribution in [0.25, 0.3) is 0 Å². The summed E-state index contributed by atoms with van der Waals surface area (Å²) in [5.74, 6) is -1.46. The van der Waals surface area contributed by atoms with Crippen molar-refractivity contribution in [2.24, 2.45) is 16.5 Å². The first-order chi connectivity index (χ1) is 19.3. The van der Waals surface area contributed by atoms with Crippen LogP contribution < -0.4 is 26.6 Å². The van der Waals surface area contributed by atoms with Gasteiger partial charge in [-0.1, -0.05) is 42.5 Å². The maximum Gasteiger partial charge on any atom is 0.247 e. The second kappa shape index (κ2) is 13.5. The van der Waals surface area contributed by atoms with Crippen LogP contribution in [-0.2, 0) is 20.8 Å². The molecule has 1 aliphatic heterocycles. The largest absolute Gasteiger partial charge is 0.370 e. The number of fused-ring (bicyclic) bond motifs is 1. The van der Waals surface area contributed by atoms with Gasteiger partial charge in [0.15, 0.2) is 11.0 Å². The zero-order valence-corrected chi connectivity index (χ0v) is 22.7. The highest BCUT2D eigenvalue weighted by molar-refractivity contribution is 7.11. The Morgan fingerprint density at radius 1 is 1.05 bits per heavy atom. The van der Waals surface area contributed by atoms with Crippen LogP contribution in [0.2, 0.25) is 0 Å². The van der Waals surface area contributed by atoms with E-state index in [4.69, 9.17) is 11.5 Å². The number of rotatable bonds is 12. The normalized spacial score (nSPS) is 13.3. The highest BCUT2D eigenvalue weighted by Crippen LogP contribution is 2.33. The van der Waals surface area contributed by atoms with E-state index in [0.717, 1.165) is 5.56 Å². The predicted octanol–water partition coefficient (Wildman–Crippen LogP) is 1.88. The molecule has 1 aliphatic rings. The molecule has 0 bridgehead atoms. The Kier molecular flexibility index (Phi) is 9.57. The van der Waals surface area contributed by atoms with Gasteiger partial charge in [0, 0.05) is 24.5 Å². The van der Waals surface area contributed by atoms with Crippen LogP contribution in [0.15, 0.2) is 71.2 Å². The molecule has 5 N–H and O–H groups in total. The molecule has 4 rings (SSSR count). The number of nitrogens with zero attached hydrogens (tertiary/aromatic N) is 4. The third-order valence-corrected chi connectivity index (χ3v) is 7.16. The molecule has 40 heavy (non-hydrogen) atoms. The number of hydrogen-bond donors (Lipinski definition) is 3. The van der Waals surface area contributed by atoms with Gasteiger partial charge in [0.2, 0.25) is 23.5 Å². The Labute approximate surface area is 235 Å². The Morgan fingerprint density at radius 2 is 1.77 bits per heavy atom. The maximum absolute atomic E-state index is 13.2. The first-order valence-electron chi connectivity index (χ1n) is 12.9. The quantitative estimate of drug-likeness (QED) is 0.131.